The normalized spacial score (nSPS) is 17.2. The smallest absolute Gasteiger partial charge is 0.261 e. The molecule has 1 heterocycles. The van der Waals surface area contributed by atoms with Crippen molar-refractivity contribution in [1.82, 2.24) is 0 Å². The van der Waals surface area contributed by atoms with Crippen LogP contribution >= 0.6 is 0 Å². The standard InChI is InChI=1S/C19H23FN2O3S/c1-14-12-17(8-9-18(14)20)26(23,24)21-15-4-6-16(7-5-15)22-10-11-25-13-19(22,2)3/h4-9,12,21H,10-11,13H2,1-3H3. The number of sulfonamides is 1. The van der Waals surface area contributed by atoms with Crippen LogP contribution in [-0.2, 0) is 14.8 Å². The van der Waals surface area contributed by atoms with Gasteiger partial charge < -0.3 is 9.64 Å². The zero-order valence-corrected chi connectivity index (χ0v) is 15.9. The summed E-state index contributed by atoms with van der Waals surface area (Å²) in [5, 5.41) is 0. The fraction of sp³-hybridized carbons (Fsp3) is 0.368. The lowest BCUT2D eigenvalue weighted by Gasteiger charge is -2.43. The van der Waals surface area contributed by atoms with Crippen molar-refractivity contribution in [3.8, 4) is 0 Å². The molecule has 0 saturated carbocycles. The van der Waals surface area contributed by atoms with E-state index in [1.165, 1.54) is 19.1 Å². The van der Waals surface area contributed by atoms with Crippen LogP contribution < -0.4 is 9.62 Å². The van der Waals surface area contributed by atoms with Gasteiger partial charge in [-0.25, -0.2) is 12.8 Å². The quantitative estimate of drug-likeness (QED) is 0.884. The molecule has 0 unspecified atom stereocenters. The van der Waals surface area contributed by atoms with Gasteiger partial charge in [0, 0.05) is 17.9 Å². The Hall–Kier alpha value is -2.12. The first-order valence-corrected chi connectivity index (χ1v) is 9.92. The summed E-state index contributed by atoms with van der Waals surface area (Å²) >= 11 is 0. The fourth-order valence-electron chi connectivity index (χ4n) is 3.04. The van der Waals surface area contributed by atoms with E-state index in [4.69, 9.17) is 4.74 Å². The van der Waals surface area contributed by atoms with Crippen LogP contribution in [0.2, 0.25) is 0 Å². The molecule has 7 heteroatoms. The molecule has 0 atom stereocenters. The number of nitrogens with one attached hydrogen (secondary N) is 1. The van der Waals surface area contributed by atoms with E-state index < -0.39 is 15.8 Å². The van der Waals surface area contributed by atoms with Gasteiger partial charge in [-0.2, -0.15) is 0 Å². The summed E-state index contributed by atoms with van der Waals surface area (Å²) in [6.07, 6.45) is 0. The highest BCUT2D eigenvalue weighted by molar-refractivity contribution is 7.92. The van der Waals surface area contributed by atoms with Crippen LogP contribution in [0.15, 0.2) is 47.4 Å². The summed E-state index contributed by atoms with van der Waals surface area (Å²) in [5.74, 6) is -0.429. The molecule has 1 N–H and O–H groups in total. The lowest BCUT2D eigenvalue weighted by molar-refractivity contribution is 0.0644. The summed E-state index contributed by atoms with van der Waals surface area (Å²) in [5.41, 5.74) is 1.64. The molecule has 140 valence electrons. The minimum absolute atomic E-state index is 0.0368. The average molecular weight is 378 g/mol. The molecule has 0 aromatic heterocycles. The number of morpholine rings is 1. The van der Waals surface area contributed by atoms with Gasteiger partial charge >= 0.3 is 0 Å². The van der Waals surface area contributed by atoms with Gasteiger partial charge in [0.15, 0.2) is 0 Å². The van der Waals surface area contributed by atoms with Gasteiger partial charge in [0.05, 0.1) is 23.6 Å². The first kappa shape index (κ1) is 18.7. The molecule has 1 fully saturated rings. The maximum Gasteiger partial charge on any atom is 0.261 e. The van der Waals surface area contributed by atoms with Crippen molar-refractivity contribution in [2.75, 3.05) is 29.4 Å². The zero-order chi connectivity index (χ0) is 18.9. The van der Waals surface area contributed by atoms with Gasteiger partial charge in [0.25, 0.3) is 10.0 Å². The average Bonchev–Trinajstić information content (AvgIpc) is 2.57. The van der Waals surface area contributed by atoms with Crippen LogP contribution in [0.4, 0.5) is 15.8 Å². The zero-order valence-electron chi connectivity index (χ0n) is 15.1. The third-order valence-corrected chi connectivity index (χ3v) is 5.90. The molecular formula is C19H23FN2O3S. The number of halogens is 1. The summed E-state index contributed by atoms with van der Waals surface area (Å²) in [6, 6.07) is 11.0. The first-order valence-electron chi connectivity index (χ1n) is 8.43. The second kappa shape index (κ2) is 6.89. The molecule has 0 radical (unpaired) electrons. The van der Waals surface area contributed by atoms with Gasteiger partial charge in [-0.1, -0.05) is 0 Å². The first-order chi connectivity index (χ1) is 12.2. The number of rotatable bonds is 4. The van der Waals surface area contributed by atoms with Crippen molar-refractivity contribution < 1.29 is 17.5 Å². The predicted octanol–water partition coefficient (Wildman–Crippen LogP) is 3.55. The van der Waals surface area contributed by atoms with Crippen molar-refractivity contribution in [2.24, 2.45) is 0 Å². The van der Waals surface area contributed by atoms with E-state index in [1.807, 2.05) is 12.1 Å². The second-order valence-corrected chi connectivity index (χ2v) is 8.76. The molecule has 0 bridgehead atoms. The summed E-state index contributed by atoms with van der Waals surface area (Å²) in [7, 11) is -3.76. The molecule has 1 aliphatic rings. The Morgan fingerprint density at radius 1 is 1.15 bits per heavy atom. The number of hydrogen-bond acceptors (Lipinski definition) is 4. The molecule has 2 aromatic rings. The Morgan fingerprint density at radius 2 is 1.85 bits per heavy atom. The van der Waals surface area contributed by atoms with Crippen LogP contribution in [0.5, 0.6) is 0 Å². The topological polar surface area (TPSA) is 58.6 Å². The Bertz CT molecular complexity index is 896. The van der Waals surface area contributed by atoms with Crippen LogP contribution in [0.3, 0.4) is 0 Å². The minimum Gasteiger partial charge on any atom is -0.377 e. The summed E-state index contributed by atoms with van der Waals surface area (Å²) in [4.78, 5) is 2.28. The maximum absolute atomic E-state index is 13.4. The number of anilines is 2. The number of nitrogens with zero attached hydrogens (tertiary/aromatic N) is 1. The molecular weight excluding hydrogens is 355 g/mol. The maximum atomic E-state index is 13.4. The van der Waals surface area contributed by atoms with Crippen LogP contribution in [0.25, 0.3) is 0 Å². The highest BCUT2D eigenvalue weighted by atomic mass is 32.2. The van der Waals surface area contributed by atoms with Crippen molar-refractivity contribution in [3.05, 3.63) is 53.8 Å². The largest absolute Gasteiger partial charge is 0.377 e. The van der Waals surface area contributed by atoms with Gasteiger partial charge in [-0.05, 0) is 68.8 Å². The van der Waals surface area contributed by atoms with E-state index in [2.05, 4.69) is 23.5 Å². The molecule has 1 saturated heterocycles. The van der Waals surface area contributed by atoms with Gasteiger partial charge in [-0.3, -0.25) is 4.72 Å². The molecule has 0 amide bonds. The summed E-state index contributed by atoms with van der Waals surface area (Å²) < 4.78 is 46.4. The van der Waals surface area contributed by atoms with E-state index in [0.29, 0.717) is 18.9 Å². The lowest BCUT2D eigenvalue weighted by atomic mass is 10.0. The van der Waals surface area contributed by atoms with Crippen LogP contribution in [0, 0.1) is 12.7 Å². The third-order valence-electron chi connectivity index (χ3n) is 4.52. The van der Waals surface area contributed by atoms with Gasteiger partial charge in [0.2, 0.25) is 0 Å². The fourth-order valence-corrected chi connectivity index (χ4v) is 4.19. The predicted molar refractivity (Wildman–Crippen MR) is 101 cm³/mol. The number of hydrogen-bond donors (Lipinski definition) is 1. The van der Waals surface area contributed by atoms with Gasteiger partial charge in [0.1, 0.15) is 5.82 Å². The molecule has 0 spiro atoms. The molecule has 26 heavy (non-hydrogen) atoms. The van der Waals surface area contributed by atoms with Crippen molar-refractivity contribution in [3.63, 3.8) is 0 Å². The molecule has 0 aliphatic carbocycles. The van der Waals surface area contributed by atoms with Crippen molar-refractivity contribution in [2.45, 2.75) is 31.2 Å². The Kier molecular flexibility index (Phi) is 4.94. The van der Waals surface area contributed by atoms with E-state index in [-0.39, 0.29) is 16.0 Å². The Morgan fingerprint density at radius 3 is 2.46 bits per heavy atom. The van der Waals surface area contributed by atoms with Crippen molar-refractivity contribution in [1.29, 1.82) is 0 Å². The SMILES string of the molecule is Cc1cc(S(=O)(=O)Nc2ccc(N3CCOCC3(C)C)cc2)ccc1F. The third kappa shape index (κ3) is 3.83. The Labute approximate surface area is 153 Å². The van der Waals surface area contributed by atoms with E-state index >= 15 is 0 Å². The molecule has 1 aliphatic heterocycles. The van der Waals surface area contributed by atoms with E-state index in [9.17, 15) is 12.8 Å². The highest BCUT2D eigenvalue weighted by Gasteiger charge is 2.30. The monoisotopic (exact) mass is 378 g/mol. The number of ether oxygens (including phenoxy) is 1. The molecule has 3 rings (SSSR count). The Balaban J connectivity index is 1.79. The second-order valence-electron chi connectivity index (χ2n) is 7.08. The molecule has 5 nitrogen and oxygen atoms in total. The van der Waals surface area contributed by atoms with Crippen LogP contribution in [-0.4, -0.2) is 33.7 Å². The summed E-state index contributed by atoms with van der Waals surface area (Å²) in [6.45, 7) is 7.85. The van der Waals surface area contributed by atoms with Crippen LogP contribution in [0.1, 0.15) is 19.4 Å². The molecule has 2 aromatic carbocycles. The van der Waals surface area contributed by atoms with E-state index in [0.717, 1.165) is 18.3 Å². The van der Waals surface area contributed by atoms with E-state index in [1.54, 1.807) is 12.1 Å². The number of benzene rings is 2. The van der Waals surface area contributed by atoms with Gasteiger partial charge in [-0.15, -0.1) is 0 Å². The minimum atomic E-state index is -3.76. The highest BCUT2D eigenvalue weighted by Crippen LogP contribution is 2.28. The lowest BCUT2D eigenvalue weighted by Crippen LogP contribution is -2.53. The number of aryl methyl sites for hydroxylation is 1. The van der Waals surface area contributed by atoms with Crippen molar-refractivity contribution >= 4 is 21.4 Å².